The van der Waals surface area contributed by atoms with E-state index in [1.807, 2.05) is 6.92 Å². The Labute approximate surface area is 140 Å². The second kappa shape index (κ2) is 6.14. The second-order valence-electron chi connectivity index (χ2n) is 6.30. The van der Waals surface area contributed by atoms with Gasteiger partial charge in [-0.15, -0.1) is 0 Å². The molecule has 2 fully saturated rings. The summed E-state index contributed by atoms with van der Waals surface area (Å²) >= 11 is 0. The Hall–Kier alpha value is -2.00. The Morgan fingerprint density at radius 2 is 1.88 bits per heavy atom. The Kier molecular flexibility index (Phi) is 4.31. The first-order valence-corrected chi connectivity index (χ1v) is 9.28. The van der Waals surface area contributed by atoms with Crippen LogP contribution in [0.1, 0.15) is 13.3 Å². The fraction of sp³-hybridized carbons (Fsp3) is 0.533. The van der Waals surface area contributed by atoms with E-state index in [0.29, 0.717) is 19.0 Å². The van der Waals surface area contributed by atoms with E-state index in [4.69, 9.17) is 0 Å². The lowest BCUT2D eigenvalue weighted by Gasteiger charge is -2.34. The van der Waals surface area contributed by atoms with Crippen LogP contribution in [-0.2, 0) is 14.8 Å². The van der Waals surface area contributed by atoms with Crippen LogP contribution in [-0.4, -0.2) is 54.6 Å². The fourth-order valence-electron chi connectivity index (χ4n) is 2.96. The summed E-state index contributed by atoms with van der Waals surface area (Å²) in [4.78, 5) is 24.0. The maximum Gasteiger partial charge on any atom is 0.270 e. The van der Waals surface area contributed by atoms with Gasteiger partial charge in [-0.1, -0.05) is 13.0 Å². The summed E-state index contributed by atoms with van der Waals surface area (Å²) in [6.45, 7) is 3.16. The summed E-state index contributed by atoms with van der Waals surface area (Å²) in [6.07, 6.45) is 0.908. The number of hydrogen-bond donors (Lipinski definition) is 0. The first kappa shape index (κ1) is 16.8. The van der Waals surface area contributed by atoms with Gasteiger partial charge in [-0.2, -0.15) is 4.31 Å². The predicted octanol–water partition coefficient (Wildman–Crippen LogP) is 1.08. The molecule has 2 aliphatic rings. The number of carbonyl (C=O) groups is 1. The average molecular weight is 353 g/mol. The molecule has 9 heteroatoms. The molecule has 1 aromatic rings. The molecular weight excluding hydrogens is 334 g/mol. The van der Waals surface area contributed by atoms with E-state index < -0.39 is 14.9 Å². The van der Waals surface area contributed by atoms with E-state index in [2.05, 4.69) is 0 Å². The molecule has 2 atom stereocenters. The average Bonchev–Trinajstić information content (AvgIpc) is 3.31. The number of piperazine rings is 1. The van der Waals surface area contributed by atoms with Crippen LogP contribution in [0.5, 0.6) is 0 Å². The smallest absolute Gasteiger partial charge is 0.270 e. The van der Waals surface area contributed by atoms with Crippen molar-refractivity contribution in [2.45, 2.75) is 18.2 Å². The van der Waals surface area contributed by atoms with Crippen molar-refractivity contribution < 1.29 is 18.1 Å². The minimum atomic E-state index is -3.79. The van der Waals surface area contributed by atoms with Crippen molar-refractivity contribution in [3.63, 3.8) is 0 Å². The van der Waals surface area contributed by atoms with Crippen LogP contribution in [0.25, 0.3) is 0 Å². The molecule has 0 aromatic heterocycles. The van der Waals surface area contributed by atoms with E-state index in [0.717, 1.165) is 12.5 Å². The van der Waals surface area contributed by atoms with E-state index in [1.165, 1.54) is 22.5 Å². The van der Waals surface area contributed by atoms with Crippen LogP contribution in [0, 0.1) is 22.0 Å². The van der Waals surface area contributed by atoms with Crippen molar-refractivity contribution in [1.29, 1.82) is 0 Å². The molecule has 1 aliphatic carbocycles. The maximum atomic E-state index is 12.6. The van der Waals surface area contributed by atoms with Crippen molar-refractivity contribution >= 4 is 21.6 Å². The highest BCUT2D eigenvalue weighted by molar-refractivity contribution is 7.89. The Morgan fingerprint density at radius 3 is 2.42 bits per heavy atom. The molecule has 8 nitrogen and oxygen atoms in total. The monoisotopic (exact) mass is 353 g/mol. The van der Waals surface area contributed by atoms with Gasteiger partial charge in [0.05, 0.1) is 9.82 Å². The lowest BCUT2D eigenvalue weighted by molar-refractivity contribution is -0.385. The summed E-state index contributed by atoms with van der Waals surface area (Å²) in [5.74, 6) is 0.615. The number of hydrogen-bond acceptors (Lipinski definition) is 5. The highest BCUT2D eigenvalue weighted by Gasteiger charge is 2.42. The summed E-state index contributed by atoms with van der Waals surface area (Å²) in [5.41, 5.74) is -0.257. The van der Waals surface area contributed by atoms with Crippen molar-refractivity contribution in [3.8, 4) is 0 Å². The number of nitro benzene ring substituents is 1. The SMILES string of the molecule is C[C@H]1C[C@H]1C(=O)N1CCN(S(=O)(=O)c2cccc([N+](=O)[O-])c2)CC1. The van der Waals surface area contributed by atoms with E-state index in [1.54, 1.807) is 4.90 Å². The zero-order valence-electron chi connectivity index (χ0n) is 13.3. The molecule has 1 heterocycles. The van der Waals surface area contributed by atoms with Crippen LogP contribution in [0.3, 0.4) is 0 Å². The number of non-ortho nitro benzene ring substituents is 1. The first-order chi connectivity index (χ1) is 11.3. The van der Waals surface area contributed by atoms with Crippen LogP contribution in [0.2, 0.25) is 0 Å². The highest BCUT2D eigenvalue weighted by atomic mass is 32.2. The zero-order valence-corrected chi connectivity index (χ0v) is 14.1. The third-order valence-corrected chi connectivity index (χ3v) is 6.54. The van der Waals surface area contributed by atoms with Gasteiger partial charge in [-0.3, -0.25) is 14.9 Å². The topological polar surface area (TPSA) is 101 Å². The van der Waals surface area contributed by atoms with Gasteiger partial charge in [0, 0.05) is 44.2 Å². The van der Waals surface area contributed by atoms with Crippen molar-refractivity contribution in [2.24, 2.45) is 11.8 Å². The van der Waals surface area contributed by atoms with Gasteiger partial charge in [0.15, 0.2) is 0 Å². The summed E-state index contributed by atoms with van der Waals surface area (Å²) < 4.78 is 26.6. The fourth-order valence-corrected chi connectivity index (χ4v) is 4.42. The van der Waals surface area contributed by atoms with Gasteiger partial charge in [0.2, 0.25) is 15.9 Å². The second-order valence-corrected chi connectivity index (χ2v) is 8.24. The summed E-state index contributed by atoms with van der Waals surface area (Å²) in [6, 6.07) is 5.04. The molecule has 1 saturated carbocycles. The van der Waals surface area contributed by atoms with E-state index >= 15 is 0 Å². The van der Waals surface area contributed by atoms with Gasteiger partial charge < -0.3 is 4.90 Å². The van der Waals surface area contributed by atoms with Crippen LogP contribution in [0.15, 0.2) is 29.2 Å². The molecule has 24 heavy (non-hydrogen) atoms. The molecule has 0 N–H and O–H groups in total. The van der Waals surface area contributed by atoms with Crippen LogP contribution in [0.4, 0.5) is 5.69 Å². The normalized spacial score (nSPS) is 24.6. The molecule has 0 bridgehead atoms. The largest absolute Gasteiger partial charge is 0.340 e. The molecule has 0 unspecified atom stereocenters. The molecule has 3 rings (SSSR count). The van der Waals surface area contributed by atoms with Gasteiger partial charge in [0.25, 0.3) is 5.69 Å². The highest BCUT2D eigenvalue weighted by Crippen LogP contribution is 2.39. The van der Waals surface area contributed by atoms with Crippen LogP contribution >= 0.6 is 0 Å². The lowest BCUT2D eigenvalue weighted by Crippen LogP contribution is -2.51. The first-order valence-electron chi connectivity index (χ1n) is 7.84. The quantitative estimate of drug-likeness (QED) is 0.595. The Balaban J connectivity index is 1.70. The minimum absolute atomic E-state index is 0.0879. The molecular formula is C15H19N3O5S. The van der Waals surface area contributed by atoms with Crippen molar-refractivity contribution in [3.05, 3.63) is 34.4 Å². The number of nitro groups is 1. The number of nitrogens with zero attached hydrogens (tertiary/aromatic N) is 3. The lowest BCUT2D eigenvalue weighted by atomic mass is 10.2. The number of sulfonamides is 1. The molecule has 1 amide bonds. The third-order valence-electron chi connectivity index (χ3n) is 4.64. The van der Waals surface area contributed by atoms with E-state index in [9.17, 15) is 23.3 Å². The van der Waals surface area contributed by atoms with Gasteiger partial charge in [-0.05, 0) is 18.4 Å². The van der Waals surface area contributed by atoms with E-state index in [-0.39, 0.29) is 35.5 Å². The zero-order chi connectivity index (χ0) is 17.5. The molecule has 0 radical (unpaired) electrons. The molecule has 130 valence electrons. The number of rotatable bonds is 4. The number of carbonyl (C=O) groups excluding carboxylic acids is 1. The standard InChI is InChI=1S/C15H19N3O5S/c1-11-9-14(11)15(19)16-5-7-17(8-6-16)24(22,23)13-4-2-3-12(10-13)18(20)21/h2-4,10-11,14H,5-9H2,1H3/t11-,14+/m0/s1. The van der Waals surface area contributed by atoms with Gasteiger partial charge >= 0.3 is 0 Å². The van der Waals surface area contributed by atoms with Crippen molar-refractivity contribution in [1.82, 2.24) is 9.21 Å². The van der Waals surface area contributed by atoms with Gasteiger partial charge in [-0.25, -0.2) is 8.42 Å². The molecule has 1 saturated heterocycles. The summed E-state index contributed by atoms with van der Waals surface area (Å²) in [5, 5.41) is 10.8. The minimum Gasteiger partial charge on any atom is -0.340 e. The van der Waals surface area contributed by atoms with Crippen LogP contribution < -0.4 is 0 Å². The van der Waals surface area contributed by atoms with Crippen molar-refractivity contribution in [2.75, 3.05) is 26.2 Å². The Bertz CT molecular complexity index is 771. The number of amides is 1. The number of benzene rings is 1. The summed E-state index contributed by atoms with van der Waals surface area (Å²) in [7, 11) is -3.79. The Morgan fingerprint density at radius 1 is 1.25 bits per heavy atom. The molecule has 0 spiro atoms. The van der Waals surface area contributed by atoms with Gasteiger partial charge in [0.1, 0.15) is 0 Å². The molecule has 1 aliphatic heterocycles. The third kappa shape index (κ3) is 3.13. The maximum absolute atomic E-state index is 12.6. The molecule has 1 aromatic carbocycles. The predicted molar refractivity (Wildman–Crippen MR) is 85.7 cm³/mol.